The van der Waals surface area contributed by atoms with Gasteiger partial charge >= 0.3 is 355 Å². The van der Waals surface area contributed by atoms with E-state index in [1.807, 2.05) is 0 Å². The Hall–Kier alpha value is 7.64. The molecule has 0 aromatic rings. The smallest absolute Gasteiger partial charge is 0.735 e. The molecule has 40 atom stereocenters. The minimum atomic E-state index is -6.59. The number of hydrogen-bond acceptors (Lipinski definition) is 66. The first kappa shape index (κ1) is 159. The van der Waals surface area contributed by atoms with Crippen molar-refractivity contribution < 1.29 is 657 Å². The van der Waals surface area contributed by atoms with E-state index in [0.717, 1.165) is 18.9 Å². The van der Waals surface area contributed by atoms with Crippen molar-refractivity contribution >= 4 is 107 Å². The number of carboxylic acids is 4. The SMILES string of the molecule is NCCCCCO[C@@H]1O[C@H](C(=O)[O-])[C@@H](O[C@H]2O[C@H](CO)[C@@H](O[C@@H]3O[C@@H](C(=O)[O-])[C@@H](O[C@H]4O[C@H](CO)[C@@H](O[C@@H]5O[C@H](C(=O)[O-])[C@@H](O[C@H]6O[C@H](CO)[C@@H](O[C@@H]7O[C@@H](C(=O)[O-])[C@@H](O[C@H]8O[C@H](CO)[C@@H](O)[C@H](O)[C@H]8NS(=O)(=O)[O-])[C@H](O)[C@H]7OS(=O)(=O)[O-])[C@H](O)[C@H]6NS(=O)(=O)[O-])[C@H](O)[C@H]5OS(=O)(=O)[O-])[C@H](O)[C@H]4NS(=O)(=O)[O-])[C@H](O)[C@H]3OS(=O)(=O)[O-])[C@H](O)[C@H]2NS(=O)(=O)[O-])[C@H](O)[C@H]1OS(=O)(=O)[O-].[Na+].[Na+].[Na+].[Na+].[Na+].[Na+].[Na+].[Na+].[Na+].[Na+].[Na+].[Na+]. The Morgan fingerprint density at radius 1 is 0.259 bits per heavy atom. The fourth-order valence-electron chi connectivity index (χ4n) is 14.2. The summed E-state index contributed by atoms with van der Waals surface area (Å²) in [6.45, 7) is -7.08. The molecule has 8 fully saturated rings. The van der Waals surface area contributed by atoms with Crippen LogP contribution in [0, 0.1) is 0 Å². The Morgan fingerprint density at radius 3 is 0.664 bits per heavy atom. The second-order valence-electron chi connectivity index (χ2n) is 28.5. The van der Waals surface area contributed by atoms with Crippen molar-refractivity contribution in [3.8, 4) is 0 Å². The molecule has 0 amide bonds. The third kappa shape index (κ3) is 45.9. The van der Waals surface area contributed by atoms with Gasteiger partial charge in [-0.05, 0) is 25.8 Å². The maximum absolute atomic E-state index is 13.1. The summed E-state index contributed by atoms with van der Waals surface area (Å²) in [5.41, 5.74) is 5.43. The predicted molar refractivity (Wildman–Crippen MR) is 359 cm³/mol. The Bertz CT molecular complexity index is 4910. The monoisotopic (exact) mass is 2350 g/mol. The zero-order chi connectivity index (χ0) is 98.7. The van der Waals surface area contributed by atoms with E-state index in [-0.39, 0.29) is 374 Å². The number of carbonyl (C=O) groups excluding carboxylic acids is 4. The van der Waals surface area contributed by atoms with Gasteiger partial charge in [-0.25, -0.2) is 86.2 Å². The molecular weight excluding hydrogens is 2280 g/mol. The van der Waals surface area contributed by atoms with Crippen LogP contribution in [0.15, 0.2) is 0 Å². The van der Waals surface area contributed by atoms with Gasteiger partial charge in [-0.1, -0.05) is 0 Å². The molecule has 0 aromatic heterocycles. The zero-order valence-electron chi connectivity index (χ0n) is 76.3. The van der Waals surface area contributed by atoms with E-state index in [4.69, 9.17) is 81.5 Å². The number of carboxylic acid groups (broad SMARTS) is 4. The van der Waals surface area contributed by atoms with Gasteiger partial charge in [0.05, 0.1) is 50.3 Å². The van der Waals surface area contributed by atoms with E-state index in [1.165, 1.54) is 0 Å². The summed E-state index contributed by atoms with van der Waals surface area (Å²) in [5.74, 6) is -10.7. The minimum absolute atomic E-state index is 0. The van der Waals surface area contributed by atoms with Crippen LogP contribution in [0.25, 0.3) is 0 Å². The van der Waals surface area contributed by atoms with E-state index in [2.05, 4.69) is 16.7 Å². The summed E-state index contributed by atoms with van der Waals surface area (Å²) >= 11 is 0. The molecule has 8 aliphatic rings. The van der Waals surface area contributed by atoms with Crippen LogP contribution in [-0.2, 0) is 195 Å². The van der Waals surface area contributed by atoms with Crippen molar-refractivity contribution in [2.75, 3.05) is 39.6 Å². The van der Waals surface area contributed by atoms with Crippen LogP contribution < -0.4 is 400 Å². The quantitative estimate of drug-likeness (QED) is 0.0117. The number of ether oxygens (including phenoxy) is 16. The third-order valence-corrected chi connectivity index (χ3v) is 23.7. The number of aliphatic carboxylic acids is 4. The number of aliphatic hydroxyl groups is 13. The molecule has 0 unspecified atom stereocenters. The Morgan fingerprint density at radius 2 is 0.462 bits per heavy atom. The van der Waals surface area contributed by atoms with Gasteiger partial charge < -0.3 is 224 Å². The first-order chi connectivity index (χ1) is 60.2. The molecule has 8 rings (SSSR count). The number of hydrogen-bond donors (Lipinski definition) is 18. The summed E-state index contributed by atoms with van der Waals surface area (Å²) in [7, 11) is -50.1. The zero-order valence-corrected chi connectivity index (χ0v) is 107. The van der Waals surface area contributed by atoms with E-state index in [0.29, 0.717) is 6.42 Å². The van der Waals surface area contributed by atoms with Crippen LogP contribution in [0.2, 0.25) is 0 Å². The summed E-state index contributed by atoms with van der Waals surface area (Å²) < 4.78 is 401. The molecule has 8 saturated heterocycles. The first-order valence-electron chi connectivity index (χ1n) is 36.3. The third-order valence-electron chi connectivity index (χ3n) is 19.7. The second-order valence-corrected chi connectivity index (χ2v) is 37.1. The minimum Gasteiger partial charge on any atom is -0.735 e. The number of aliphatic hydroxyl groups excluding tert-OH is 13. The van der Waals surface area contributed by atoms with E-state index in [9.17, 15) is 210 Å². The van der Waals surface area contributed by atoms with Gasteiger partial charge in [0, 0.05) is 6.61 Å². The molecule has 0 saturated carbocycles. The van der Waals surface area contributed by atoms with Crippen LogP contribution in [0.5, 0.6) is 0 Å². The van der Waals surface area contributed by atoms with Crippen LogP contribution in [0.4, 0.5) is 0 Å². The number of nitrogens with two attached hydrogens (primary N) is 1. The van der Waals surface area contributed by atoms with Gasteiger partial charge in [0.1, 0.15) is 171 Å². The van der Waals surface area contributed by atoms with Gasteiger partial charge in [0.25, 0.3) is 0 Å². The van der Waals surface area contributed by atoms with Gasteiger partial charge in [0.15, 0.2) is 116 Å². The summed E-state index contributed by atoms with van der Waals surface area (Å²) in [6, 6.07) is -11.9. The molecule has 90 heteroatoms. The fraction of sp³-hybridized carbons (Fsp3) is 0.925. The molecule has 0 bridgehead atoms. The average molecular weight is 2360 g/mol. The van der Waals surface area contributed by atoms with Crippen molar-refractivity contribution in [1.82, 2.24) is 18.9 Å². The first-order valence-corrected chi connectivity index (χ1v) is 47.2. The van der Waals surface area contributed by atoms with Crippen molar-refractivity contribution in [2.45, 2.75) is 265 Å². The Balaban J connectivity index is -0.00000529. The van der Waals surface area contributed by atoms with E-state index >= 15 is 0 Å². The largest absolute Gasteiger partial charge is 1.00 e. The standard InChI is InChI=1S/C53H89N5O65S8.12Na/c54-4-2-1-3-5-104-50-34(120-128(92,93)94)23(68)30(38(116-50)42(72)73)113-47-15(56-125(83,84)85)20(65)27(11(7-60)106-47)110-52-36(122-130(98,99)100)25(70)32(40(118-52)44(76)77)115-49-17(58-127(89,90)91)22(67)29(13(9-62)108-49)111-53-37(123-131(101,102)103)26(71)33(41(119-53)45(78)79)114-48-16(57-126(86,87)88)21(66)28(12(8-61)107-48)109-51-35(121-129(95,96)97)24(69)31(39(117-51)43(74)75)112-46-14(55-124(80,81)82)19(64)18(63)10(6-59)105-46;;;;;;;;;;;;/h10-41,46-53,55-71H,1-9,54H2,(H,72,73)(H,74,75)(H,76,77)(H,78,79)(H,80,81,82)(H,83,84,85)(H,86,87,88)(H,89,90,91)(H,92,93,94)(H,95,96,97)(H,98,99,100)(H,101,102,103);;;;;;;;;;;;/q;12*+1/p-12/t10-,11-,12-,13-,14-,15-,16-,17-,18-,19-,20-,21-,22-,23+,24+,25+,26+,27-,28-,29-,30+,31+,32+,33+,34-,35-,36-,37-,38+,39-,40-,41+,46-,47-,48-,49-,50-,51-,52-,53-;;;;;;;;;;;;/m1............/s1. The molecule has 143 heavy (non-hydrogen) atoms. The molecule has 8 heterocycles. The maximum atomic E-state index is 13.1. The molecular formula is C53H77N5Na12O65S8. The Kier molecular flexibility index (Phi) is 75.5. The average Bonchev–Trinajstić information content (AvgIpc) is 0.733. The van der Waals surface area contributed by atoms with Crippen molar-refractivity contribution in [1.29, 1.82) is 0 Å². The number of carbonyl (C=O) groups is 4. The normalized spacial score (nSPS) is 37.6. The van der Waals surface area contributed by atoms with Crippen LogP contribution in [0.3, 0.4) is 0 Å². The second kappa shape index (κ2) is 67.9. The predicted octanol–water partition coefficient (Wildman–Crippen LogP) is -64.1. The molecule has 70 nitrogen and oxygen atoms in total. The van der Waals surface area contributed by atoms with E-state index < -0.39 is 385 Å². The van der Waals surface area contributed by atoms with E-state index in [1.54, 1.807) is 0 Å². The van der Waals surface area contributed by atoms with Crippen LogP contribution in [0.1, 0.15) is 19.3 Å². The van der Waals surface area contributed by atoms with Crippen molar-refractivity contribution in [3.05, 3.63) is 0 Å². The summed E-state index contributed by atoms with van der Waals surface area (Å²) in [4.78, 5) is 51.5. The molecule has 0 radical (unpaired) electrons. The van der Waals surface area contributed by atoms with Crippen LogP contribution >= 0.6 is 0 Å². The molecule has 764 valence electrons. The van der Waals surface area contributed by atoms with Crippen molar-refractivity contribution in [3.63, 3.8) is 0 Å². The summed E-state index contributed by atoms with van der Waals surface area (Å²) in [6.07, 6.45) is -108. The number of rotatable bonds is 44. The number of unbranched alkanes of at least 4 members (excludes halogenated alkanes) is 2. The van der Waals surface area contributed by atoms with Gasteiger partial charge in [-0.2, -0.15) is 0 Å². The maximum Gasteiger partial charge on any atom is 1.00 e. The van der Waals surface area contributed by atoms with Gasteiger partial charge in [-0.15, -0.1) is 0 Å². The molecule has 8 aliphatic heterocycles. The van der Waals surface area contributed by atoms with Crippen LogP contribution in [-0.4, -0.2) is 479 Å². The van der Waals surface area contributed by atoms with Crippen molar-refractivity contribution in [2.24, 2.45) is 5.73 Å². The topological polar surface area (TPSA) is 1140 Å². The fourth-order valence-corrected chi connectivity index (χ4v) is 18.5. The summed E-state index contributed by atoms with van der Waals surface area (Å²) in [5, 5.41) is 196. The molecule has 0 aromatic carbocycles. The molecule has 19 N–H and O–H groups in total. The van der Waals surface area contributed by atoms with Gasteiger partial charge in [0.2, 0.25) is 41.6 Å². The number of nitrogens with one attached hydrogen (secondary N) is 4. The Labute approximate surface area is 1070 Å². The molecule has 0 aliphatic carbocycles. The van der Waals surface area contributed by atoms with Gasteiger partial charge in [-0.3, -0.25) is 16.7 Å². The molecule has 0 spiro atoms.